The lowest BCUT2D eigenvalue weighted by atomic mass is 10.2. The van der Waals surface area contributed by atoms with E-state index in [0.717, 1.165) is 28.0 Å². The van der Waals surface area contributed by atoms with E-state index in [-0.39, 0.29) is 6.03 Å². The average Bonchev–Trinajstić information content (AvgIpc) is 3.30. The van der Waals surface area contributed by atoms with Gasteiger partial charge in [-0.05, 0) is 35.9 Å². The predicted molar refractivity (Wildman–Crippen MR) is 99.8 cm³/mol. The maximum Gasteiger partial charge on any atom is 0.319 e. The first-order chi connectivity index (χ1) is 12.8. The number of para-hydroxylation sites is 1. The van der Waals surface area contributed by atoms with Gasteiger partial charge in [-0.1, -0.05) is 30.3 Å². The molecule has 26 heavy (non-hydrogen) atoms. The van der Waals surface area contributed by atoms with E-state index >= 15 is 0 Å². The van der Waals surface area contributed by atoms with Gasteiger partial charge in [0, 0.05) is 23.5 Å². The zero-order valence-electron chi connectivity index (χ0n) is 14.1. The normalized spacial score (nSPS) is 10.8. The minimum Gasteiger partial charge on any atom is -0.459 e. The van der Waals surface area contributed by atoms with Crippen LogP contribution in [0.15, 0.2) is 77.5 Å². The van der Waals surface area contributed by atoms with Gasteiger partial charge < -0.3 is 15.1 Å². The number of hydrogen-bond donors (Lipinski definition) is 2. The van der Waals surface area contributed by atoms with Crippen molar-refractivity contribution in [2.24, 2.45) is 0 Å². The summed E-state index contributed by atoms with van der Waals surface area (Å²) in [6, 6.07) is 19.0. The number of rotatable bonds is 5. The predicted octanol–water partition coefficient (Wildman–Crippen LogP) is 4.00. The number of urea groups is 1. The molecule has 0 aliphatic heterocycles. The van der Waals surface area contributed by atoms with Crippen LogP contribution in [0.25, 0.3) is 11.0 Å². The minimum absolute atomic E-state index is 0.273. The van der Waals surface area contributed by atoms with Crippen LogP contribution in [0.3, 0.4) is 0 Å². The maximum atomic E-state index is 12.1. The molecule has 2 aromatic heterocycles. The van der Waals surface area contributed by atoms with Crippen molar-refractivity contribution in [2.75, 3.05) is 5.32 Å². The monoisotopic (exact) mass is 346 g/mol. The Balaban J connectivity index is 1.31. The second kappa shape index (κ2) is 7.14. The van der Waals surface area contributed by atoms with Gasteiger partial charge in [0.25, 0.3) is 0 Å². The molecule has 0 saturated carbocycles. The van der Waals surface area contributed by atoms with E-state index in [4.69, 9.17) is 4.42 Å². The molecule has 0 spiro atoms. The number of carbonyl (C=O) groups is 1. The summed E-state index contributed by atoms with van der Waals surface area (Å²) in [4.78, 5) is 12.1. The maximum absolute atomic E-state index is 12.1. The SMILES string of the molecule is O=C(NCc1cc2ccccc2o1)Nc1ccc(Cn2cccn2)cc1. The topological polar surface area (TPSA) is 72.1 Å². The zero-order chi connectivity index (χ0) is 17.8. The average molecular weight is 346 g/mol. The van der Waals surface area contributed by atoms with Crippen molar-refractivity contribution in [3.05, 3.63) is 84.4 Å². The molecule has 0 unspecified atom stereocenters. The van der Waals surface area contributed by atoms with Gasteiger partial charge in [-0.3, -0.25) is 4.68 Å². The minimum atomic E-state index is -0.273. The van der Waals surface area contributed by atoms with E-state index in [1.165, 1.54) is 0 Å². The molecule has 2 heterocycles. The molecular weight excluding hydrogens is 328 g/mol. The van der Waals surface area contributed by atoms with Crippen molar-refractivity contribution in [3.8, 4) is 0 Å². The smallest absolute Gasteiger partial charge is 0.319 e. The third-order valence-electron chi connectivity index (χ3n) is 4.02. The quantitative estimate of drug-likeness (QED) is 0.574. The van der Waals surface area contributed by atoms with Gasteiger partial charge in [-0.2, -0.15) is 5.10 Å². The van der Waals surface area contributed by atoms with E-state index in [2.05, 4.69) is 15.7 Å². The Morgan fingerprint density at radius 2 is 1.92 bits per heavy atom. The molecule has 0 aliphatic carbocycles. The molecule has 130 valence electrons. The highest BCUT2D eigenvalue weighted by Crippen LogP contribution is 2.18. The lowest BCUT2D eigenvalue weighted by Crippen LogP contribution is -2.27. The van der Waals surface area contributed by atoms with Crippen molar-refractivity contribution >= 4 is 22.7 Å². The number of furan rings is 1. The van der Waals surface area contributed by atoms with Gasteiger partial charge in [0.15, 0.2) is 0 Å². The number of benzene rings is 2. The number of hydrogen-bond acceptors (Lipinski definition) is 3. The van der Waals surface area contributed by atoms with Gasteiger partial charge in [0.2, 0.25) is 0 Å². The first-order valence-corrected chi connectivity index (χ1v) is 8.35. The zero-order valence-corrected chi connectivity index (χ0v) is 14.1. The summed E-state index contributed by atoms with van der Waals surface area (Å²) in [6.45, 7) is 1.03. The fourth-order valence-electron chi connectivity index (χ4n) is 2.74. The Morgan fingerprint density at radius 3 is 2.69 bits per heavy atom. The molecule has 0 bridgehead atoms. The Kier molecular flexibility index (Phi) is 4.38. The largest absolute Gasteiger partial charge is 0.459 e. The molecule has 4 aromatic rings. The first-order valence-electron chi connectivity index (χ1n) is 8.35. The van der Waals surface area contributed by atoms with Gasteiger partial charge in [-0.15, -0.1) is 0 Å². The molecule has 0 radical (unpaired) electrons. The molecule has 2 aromatic carbocycles. The Morgan fingerprint density at radius 1 is 1.08 bits per heavy atom. The highest BCUT2D eigenvalue weighted by molar-refractivity contribution is 5.89. The van der Waals surface area contributed by atoms with Crippen LogP contribution in [-0.2, 0) is 13.1 Å². The van der Waals surface area contributed by atoms with E-state index in [9.17, 15) is 4.79 Å². The summed E-state index contributed by atoms with van der Waals surface area (Å²) in [7, 11) is 0. The van der Waals surface area contributed by atoms with Gasteiger partial charge in [0.05, 0.1) is 13.1 Å². The van der Waals surface area contributed by atoms with E-state index < -0.39 is 0 Å². The van der Waals surface area contributed by atoms with Crippen LogP contribution in [0.2, 0.25) is 0 Å². The molecule has 0 saturated heterocycles. The summed E-state index contributed by atoms with van der Waals surface area (Å²) in [6.07, 6.45) is 3.67. The van der Waals surface area contributed by atoms with Crippen LogP contribution in [0.1, 0.15) is 11.3 Å². The number of carbonyl (C=O) groups excluding carboxylic acids is 1. The number of amides is 2. The molecule has 0 aliphatic rings. The van der Waals surface area contributed by atoms with E-state index in [1.54, 1.807) is 6.20 Å². The fourth-order valence-corrected chi connectivity index (χ4v) is 2.74. The van der Waals surface area contributed by atoms with E-state index in [1.807, 2.05) is 71.5 Å². The van der Waals surface area contributed by atoms with Gasteiger partial charge >= 0.3 is 6.03 Å². The third kappa shape index (κ3) is 3.75. The standard InChI is InChI=1S/C20H18N4O2/c25-20(21-13-18-12-16-4-1-2-5-19(16)26-18)23-17-8-6-15(7-9-17)14-24-11-3-10-22-24/h1-12H,13-14H2,(H2,21,23,25). The Hall–Kier alpha value is -3.54. The second-order valence-corrected chi connectivity index (χ2v) is 5.96. The van der Waals surface area contributed by atoms with Crippen molar-refractivity contribution in [1.82, 2.24) is 15.1 Å². The number of nitrogens with zero attached hydrogens (tertiary/aromatic N) is 2. The summed E-state index contributed by atoms with van der Waals surface area (Å²) in [5.74, 6) is 0.718. The molecule has 6 heteroatoms. The summed E-state index contributed by atoms with van der Waals surface area (Å²) < 4.78 is 7.53. The van der Waals surface area contributed by atoms with Gasteiger partial charge in [-0.25, -0.2) is 4.79 Å². The van der Waals surface area contributed by atoms with Crippen LogP contribution in [0.5, 0.6) is 0 Å². The highest BCUT2D eigenvalue weighted by atomic mass is 16.3. The number of nitrogens with one attached hydrogen (secondary N) is 2. The summed E-state index contributed by atoms with van der Waals surface area (Å²) >= 11 is 0. The molecule has 0 atom stereocenters. The van der Waals surface area contributed by atoms with Crippen molar-refractivity contribution < 1.29 is 9.21 Å². The van der Waals surface area contributed by atoms with Crippen LogP contribution < -0.4 is 10.6 Å². The lowest BCUT2D eigenvalue weighted by molar-refractivity contribution is 0.251. The summed E-state index contributed by atoms with van der Waals surface area (Å²) in [5.41, 5.74) is 2.66. The van der Waals surface area contributed by atoms with Crippen molar-refractivity contribution in [2.45, 2.75) is 13.1 Å². The highest BCUT2D eigenvalue weighted by Gasteiger charge is 2.06. The molecule has 2 amide bonds. The molecule has 0 fully saturated rings. The Labute approximate surface area is 150 Å². The van der Waals surface area contributed by atoms with Gasteiger partial charge in [0.1, 0.15) is 11.3 Å². The van der Waals surface area contributed by atoms with Crippen LogP contribution in [-0.4, -0.2) is 15.8 Å². The van der Waals surface area contributed by atoms with E-state index in [0.29, 0.717) is 13.1 Å². The van der Waals surface area contributed by atoms with Crippen LogP contribution in [0.4, 0.5) is 10.5 Å². The summed E-state index contributed by atoms with van der Waals surface area (Å²) in [5, 5.41) is 10.8. The lowest BCUT2D eigenvalue weighted by Gasteiger charge is -2.08. The molecular formula is C20H18N4O2. The second-order valence-electron chi connectivity index (χ2n) is 5.96. The number of anilines is 1. The van der Waals surface area contributed by atoms with Crippen LogP contribution >= 0.6 is 0 Å². The number of aromatic nitrogens is 2. The molecule has 2 N–H and O–H groups in total. The van der Waals surface area contributed by atoms with Crippen molar-refractivity contribution in [3.63, 3.8) is 0 Å². The molecule has 6 nitrogen and oxygen atoms in total. The fraction of sp³-hybridized carbons (Fsp3) is 0.100. The van der Waals surface area contributed by atoms with Crippen LogP contribution in [0, 0.1) is 0 Å². The van der Waals surface area contributed by atoms with Crippen molar-refractivity contribution in [1.29, 1.82) is 0 Å². The Bertz CT molecular complexity index is 971. The molecule has 4 rings (SSSR count). The third-order valence-corrected chi connectivity index (χ3v) is 4.02. The first kappa shape index (κ1) is 16.0. The number of fused-ring (bicyclic) bond motifs is 1.